The molecule has 0 aliphatic rings. The van der Waals surface area contributed by atoms with Gasteiger partial charge in [0.25, 0.3) is 0 Å². The fourth-order valence-corrected chi connectivity index (χ4v) is 2.70. The molecule has 0 aromatic rings. The van der Waals surface area contributed by atoms with Gasteiger partial charge < -0.3 is 9.90 Å². The average Bonchev–Trinajstić information content (AvgIpc) is 2.50. The number of carboxylic acids is 1. The second-order valence-corrected chi connectivity index (χ2v) is 6.41. The number of unbranched alkanes of at least 4 members (excludes halogenated alkanes) is 13. The molecule has 0 saturated heterocycles. The molecule has 0 saturated carbocycles. The zero-order valence-corrected chi connectivity index (χ0v) is 14.8. The summed E-state index contributed by atoms with van der Waals surface area (Å²) in [6, 6.07) is 0. The predicted octanol–water partition coefficient (Wildman–Crippen LogP) is 5.55. The Bertz CT molecular complexity index is 258. The molecule has 0 fully saturated rings. The smallest absolute Gasteiger partial charge is 0.0414 e. The summed E-state index contributed by atoms with van der Waals surface area (Å²) >= 11 is 0. The highest BCUT2D eigenvalue weighted by Gasteiger charge is 1.93. The molecule has 0 bridgehead atoms. The van der Waals surface area contributed by atoms with Crippen LogP contribution < -0.4 is 5.11 Å². The van der Waals surface area contributed by atoms with Crippen LogP contribution in [-0.4, -0.2) is 5.97 Å². The van der Waals surface area contributed by atoms with Crippen LogP contribution in [0.1, 0.15) is 110 Å². The number of rotatable bonds is 17. The summed E-state index contributed by atoms with van der Waals surface area (Å²) in [7, 11) is 0. The highest BCUT2D eigenvalue weighted by molar-refractivity contribution is 5.64. The van der Waals surface area contributed by atoms with Crippen LogP contribution in [0.4, 0.5) is 0 Å². The summed E-state index contributed by atoms with van der Waals surface area (Å²) in [6.07, 6.45) is 23.9. The van der Waals surface area contributed by atoms with Crippen molar-refractivity contribution in [2.75, 3.05) is 0 Å². The summed E-state index contributed by atoms with van der Waals surface area (Å²) in [5, 5.41) is 10.2. The zero-order chi connectivity index (χ0) is 16.3. The molecule has 22 heavy (non-hydrogen) atoms. The lowest BCUT2D eigenvalue weighted by Gasteiger charge is -2.02. The minimum absolute atomic E-state index is 0.183. The van der Waals surface area contributed by atoms with Gasteiger partial charge in [0.15, 0.2) is 0 Å². The van der Waals surface area contributed by atoms with Crippen molar-refractivity contribution in [2.45, 2.75) is 110 Å². The Balaban J connectivity index is 3.05. The van der Waals surface area contributed by atoms with Crippen molar-refractivity contribution in [3.63, 3.8) is 0 Å². The summed E-state index contributed by atoms with van der Waals surface area (Å²) in [6.45, 7) is 2.27. The minimum atomic E-state index is -0.936. The lowest BCUT2D eigenvalue weighted by molar-refractivity contribution is -0.305. The Labute approximate surface area is 138 Å². The Hall–Kier alpha value is -0.790. The Morgan fingerprint density at radius 1 is 0.682 bits per heavy atom. The molecule has 0 N–H and O–H groups in total. The molecule has 0 radical (unpaired) electrons. The van der Waals surface area contributed by atoms with E-state index < -0.39 is 5.97 Å². The van der Waals surface area contributed by atoms with Gasteiger partial charge >= 0.3 is 0 Å². The molecule has 0 aromatic heterocycles. The fourth-order valence-electron chi connectivity index (χ4n) is 2.70. The number of hydrogen-bond donors (Lipinski definition) is 0. The third kappa shape index (κ3) is 19.2. The van der Waals surface area contributed by atoms with E-state index in [0.717, 1.165) is 12.8 Å². The van der Waals surface area contributed by atoms with E-state index in [1.807, 2.05) is 0 Å². The number of allylic oxidation sites excluding steroid dienone is 2. The average molecular weight is 310 g/mol. The topological polar surface area (TPSA) is 40.1 Å². The maximum absolute atomic E-state index is 10.2. The molecule has 0 heterocycles. The van der Waals surface area contributed by atoms with Crippen LogP contribution in [0.5, 0.6) is 0 Å². The van der Waals surface area contributed by atoms with Crippen molar-refractivity contribution in [2.24, 2.45) is 0 Å². The summed E-state index contributed by atoms with van der Waals surface area (Å²) in [5.41, 5.74) is 0. The van der Waals surface area contributed by atoms with E-state index in [1.54, 1.807) is 0 Å². The van der Waals surface area contributed by atoms with E-state index in [4.69, 9.17) is 0 Å². The van der Waals surface area contributed by atoms with E-state index in [9.17, 15) is 9.90 Å². The van der Waals surface area contributed by atoms with Crippen LogP contribution in [0.2, 0.25) is 0 Å². The van der Waals surface area contributed by atoms with Gasteiger partial charge in [0.2, 0.25) is 0 Å². The van der Waals surface area contributed by atoms with Gasteiger partial charge in [-0.2, -0.15) is 0 Å². The van der Waals surface area contributed by atoms with Gasteiger partial charge in [-0.05, 0) is 32.1 Å². The van der Waals surface area contributed by atoms with Gasteiger partial charge in [-0.15, -0.1) is 0 Å². The highest BCUT2D eigenvalue weighted by atomic mass is 16.4. The number of hydrogen-bond acceptors (Lipinski definition) is 2. The summed E-state index contributed by atoms with van der Waals surface area (Å²) in [5.74, 6) is -0.936. The van der Waals surface area contributed by atoms with Crippen molar-refractivity contribution in [1.82, 2.24) is 0 Å². The Morgan fingerprint density at radius 2 is 1.09 bits per heavy atom. The molecule has 0 unspecified atom stereocenters. The third-order valence-corrected chi connectivity index (χ3v) is 4.14. The second-order valence-electron chi connectivity index (χ2n) is 6.41. The fraction of sp³-hybridized carbons (Fsp3) is 0.850. The van der Waals surface area contributed by atoms with E-state index in [-0.39, 0.29) is 6.42 Å². The van der Waals surface area contributed by atoms with Gasteiger partial charge in [-0.1, -0.05) is 89.7 Å². The SMILES string of the molecule is CCCCCCCCCCCCCC/C=C\CCCC(=O)[O-]. The molecule has 0 spiro atoms. The third-order valence-electron chi connectivity index (χ3n) is 4.14. The van der Waals surface area contributed by atoms with E-state index in [2.05, 4.69) is 19.1 Å². The van der Waals surface area contributed by atoms with Crippen LogP contribution in [0.3, 0.4) is 0 Å². The first-order chi connectivity index (χ1) is 10.8. The maximum atomic E-state index is 10.2. The molecule has 130 valence electrons. The monoisotopic (exact) mass is 309 g/mol. The van der Waals surface area contributed by atoms with E-state index in [1.165, 1.54) is 77.0 Å². The van der Waals surface area contributed by atoms with Gasteiger partial charge in [0.1, 0.15) is 0 Å². The molecule has 2 heteroatoms. The molecule has 0 rings (SSSR count). The van der Waals surface area contributed by atoms with Crippen molar-refractivity contribution >= 4 is 5.97 Å². The number of carbonyl (C=O) groups excluding carboxylic acids is 1. The maximum Gasteiger partial charge on any atom is 0.0414 e. The first-order valence-corrected chi connectivity index (χ1v) is 9.62. The number of aliphatic carboxylic acids is 1. The Kier molecular flexibility index (Phi) is 17.6. The van der Waals surface area contributed by atoms with E-state index >= 15 is 0 Å². The van der Waals surface area contributed by atoms with E-state index in [0.29, 0.717) is 6.42 Å². The molecule has 0 aliphatic carbocycles. The first kappa shape index (κ1) is 21.2. The molecule has 0 aromatic carbocycles. The normalized spacial score (nSPS) is 11.3. The van der Waals surface area contributed by atoms with Crippen LogP contribution in [0, 0.1) is 0 Å². The van der Waals surface area contributed by atoms with Crippen molar-refractivity contribution in [3.05, 3.63) is 12.2 Å². The van der Waals surface area contributed by atoms with Gasteiger partial charge in [-0.25, -0.2) is 0 Å². The Morgan fingerprint density at radius 3 is 1.55 bits per heavy atom. The van der Waals surface area contributed by atoms with Crippen LogP contribution in [0.15, 0.2) is 12.2 Å². The quantitative estimate of drug-likeness (QED) is 0.261. The zero-order valence-electron chi connectivity index (χ0n) is 14.8. The van der Waals surface area contributed by atoms with Gasteiger partial charge in [0, 0.05) is 5.97 Å². The summed E-state index contributed by atoms with van der Waals surface area (Å²) < 4.78 is 0. The largest absolute Gasteiger partial charge is 0.550 e. The minimum Gasteiger partial charge on any atom is -0.550 e. The lowest BCUT2D eigenvalue weighted by Crippen LogP contribution is -2.21. The highest BCUT2D eigenvalue weighted by Crippen LogP contribution is 2.12. The molecule has 2 nitrogen and oxygen atoms in total. The number of carbonyl (C=O) groups is 1. The molecule has 0 atom stereocenters. The van der Waals surface area contributed by atoms with Crippen LogP contribution >= 0.6 is 0 Å². The standard InChI is InChI=1S/C20H38O2/c1-2-3-4-5-6-7-8-9-10-11-12-13-14-15-16-17-18-19-20(21)22/h15-16H,2-14,17-19H2,1H3,(H,21,22)/p-1/b16-15-. The second kappa shape index (κ2) is 18.3. The van der Waals surface area contributed by atoms with Gasteiger partial charge in [0.05, 0.1) is 0 Å². The molecular formula is C20H37O2-. The van der Waals surface area contributed by atoms with Gasteiger partial charge in [-0.3, -0.25) is 0 Å². The predicted molar refractivity (Wildman–Crippen MR) is 93.7 cm³/mol. The first-order valence-electron chi connectivity index (χ1n) is 9.62. The molecular weight excluding hydrogens is 272 g/mol. The van der Waals surface area contributed by atoms with Crippen molar-refractivity contribution in [1.29, 1.82) is 0 Å². The summed E-state index contributed by atoms with van der Waals surface area (Å²) in [4.78, 5) is 10.2. The number of carboxylic acid groups (broad SMARTS) is 1. The molecule has 0 amide bonds. The van der Waals surface area contributed by atoms with Crippen molar-refractivity contribution < 1.29 is 9.90 Å². The van der Waals surface area contributed by atoms with Crippen molar-refractivity contribution in [3.8, 4) is 0 Å². The van der Waals surface area contributed by atoms with Crippen LogP contribution in [0.25, 0.3) is 0 Å². The molecule has 0 aliphatic heterocycles. The van der Waals surface area contributed by atoms with Crippen LogP contribution in [-0.2, 0) is 4.79 Å². The lowest BCUT2D eigenvalue weighted by atomic mass is 10.0.